The summed E-state index contributed by atoms with van der Waals surface area (Å²) in [6.45, 7) is 5.75. The van der Waals surface area contributed by atoms with Crippen molar-refractivity contribution in [1.29, 1.82) is 0 Å². The van der Waals surface area contributed by atoms with Crippen LogP contribution in [0.5, 0.6) is 5.75 Å². The smallest absolute Gasteiger partial charge is 0.259 e. The lowest BCUT2D eigenvalue weighted by atomic mass is 10.2. The number of nitrogens with zero attached hydrogens (tertiary/aromatic N) is 1. The molecular weight excluding hydrogens is 266 g/mol. The number of pyridine rings is 1. The van der Waals surface area contributed by atoms with Crippen molar-refractivity contribution in [1.82, 2.24) is 4.98 Å². The molecule has 0 fully saturated rings. The second kappa shape index (κ2) is 6.26. The molecule has 1 amide bonds. The molecule has 0 aliphatic heterocycles. The number of hydrogen-bond acceptors (Lipinski definition) is 4. The van der Waals surface area contributed by atoms with E-state index >= 15 is 0 Å². The van der Waals surface area contributed by atoms with Crippen LogP contribution in [0.2, 0.25) is 0 Å². The SMILES string of the molecule is Cc1cc(N)c(C(=O)Nc2ccc(OC(C)C)cc2)cn1. The summed E-state index contributed by atoms with van der Waals surface area (Å²) in [6.07, 6.45) is 1.60. The van der Waals surface area contributed by atoms with Gasteiger partial charge in [0.15, 0.2) is 0 Å². The Morgan fingerprint density at radius 3 is 2.52 bits per heavy atom. The zero-order valence-electron chi connectivity index (χ0n) is 12.4. The number of carbonyl (C=O) groups excluding carboxylic acids is 1. The predicted molar refractivity (Wildman–Crippen MR) is 83.5 cm³/mol. The van der Waals surface area contributed by atoms with Crippen LogP contribution in [-0.2, 0) is 0 Å². The molecule has 0 radical (unpaired) electrons. The van der Waals surface area contributed by atoms with E-state index in [4.69, 9.17) is 10.5 Å². The van der Waals surface area contributed by atoms with E-state index in [1.165, 1.54) is 6.20 Å². The third kappa shape index (κ3) is 3.95. The van der Waals surface area contributed by atoms with Crippen molar-refractivity contribution in [3.8, 4) is 5.75 Å². The van der Waals surface area contributed by atoms with Crippen molar-refractivity contribution in [3.63, 3.8) is 0 Å². The Bertz CT molecular complexity index is 636. The Morgan fingerprint density at radius 1 is 1.29 bits per heavy atom. The summed E-state index contributed by atoms with van der Waals surface area (Å²) in [5.41, 5.74) is 8.07. The van der Waals surface area contributed by atoms with Crippen LogP contribution in [0.25, 0.3) is 0 Å². The van der Waals surface area contributed by atoms with E-state index in [0.717, 1.165) is 11.4 Å². The molecule has 1 heterocycles. The standard InChI is InChI=1S/C16H19N3O2/c1-10(2)21-13-6-4-12(5-7-13)19-16(20)14-9-18-11(3)8-15(14)17/h4-10H,1-3H3,(H2,17,18)(H,19,20). The van der Waals surface area contributed by atoms with Crippen molar-refractivity contribution in [2.45, 2.75) is 26.9 Å². The first-order valence-corrected chi connectivity index (χ1v) is 6.76. The highest BCUT2D eigenvalue weighted by molar-refractivity contribution is 6.07. The Labute approximate surface area is 124 Å². The Kier molecular flexibility index (Phi) is 4.42. The lowest BCUT2D eigenvalue weighted by Crippen LogP contribution is -2.14. The molecule has 0 saturated heterocycles. The average molecular weight is 285 g/mol. The molecule has 5 heteroatoms. The number of nitrogen functional groups attached to an aromatic ring is 1. The topological polar surface area (TPSA) is 77.2 Å². The minimum Gasteiger partial charge on any atom is -0.491 e. The van der Waals surface area contributed by atoms with Gasteiger partial charge in [-0.25, -0.2) is 0 Å². The van der Waals surface area contributed by atoms with Gasteiger partial charge < -0.3 is 15.8 Å². The van der Waals surface area contributed by atoms with Gasteiger partial charge in [-0.05, 0) is 51.1 Å². The second-order valence-electron chi connectivity index (χ2n) is 5.06. The largest absolute Gasteiger partial charge is 0.491 e. The van der Waals surface area contributed by atoms with Crippen molar-refractivity contribution >= 4 is 17.3 Å². The summed E-state index contributed by atoms with van der Waals surface area (Å²) in [4.78, 5) is 16.2. The van der Waals surface area contributed by atoms with Gasteiger partial charge in [0.2, 0.25) is 0 Å². The fourth-order valence-electron chi connectivity index (χ4n) is 1.86. The van der Waals surface area contributed by atoms with Crippen molar-refractivity contribution in [2.24, 2.45) is 0 Å². The van der Waals surface area contributed by atoms with Crippen LogP contribution >= 0.6 is 0 Å². The van der Waals surface area contributed by atoms with Gasteiger partial charge in [0, 0.05) is 23.3 Å². The molecule has 0 spiro atoms. The van der Waals surface area contributed by atoms with E-state index in [1.54, 1.807) is 18.2 Å². The fraction of sp³-hybridized carbons (Fsp3) is 0.250. The summed E-state index contributed by atoms with van der Waals surface area (Å²) in [6, 6.07) is 8.87. The van der Waals surface area contributed by atoms with E-state index < -0.39 is 0 Å². The number of carbonyl (C=O) groups is 1. The van der Waals surface area contributed by atoms with Crippen molar-refractivity contribution < 1.29 is 9.53 Å². The van der Waals surface area contributed by atoms with Crippen LogP contribution in [0.4, 0.5) is 11.4 Å². The van der Waals surface area contributed by atoms with E-state index in [1.807, 2.05) is 32.9 Å². The number of benzene rings is 1. The predicted octanol–water partition coefficient (Wildman–Crippen LogP) is 3.01. The molecular formula is C16H19N3O2. The van der Waals surface area contributed by atoms with E-state index in [0.29, 0.717) is 16.9 Å². The number of anilines is 2. The molecule has 0 bridgehead atoms. The molecule has 1 aromatic heterocycles. The van der Waals surface area contributed by atoms with E-state index in [2.05, 4.69) is 10.3 Å². The van der Waals surface area contributed by atoms with Crippen molar-refractivity contribution in [2.75, 3.05) is 11.1 Å². The zero-order valence-corrected chi connectivity index (χ0v) is 12.4. The first kappa shape index (κ1) is 14.8. The van der Waals surface area contributed by atoms with Gasteiger partial charge in [-0.15, -0.1) is 0 Å². The number of aryl methyl sites for hydroxylation is 1. The molecule has 0 saturated carbocycles. The lowest BCUT2D eigenvalue weighted by Gasteiger charge is -2.11. The molecule has 110 valence electrons. The maximum absolute atomic E-state index is 12.1. The number of nitrogens with two attached hydrogens (primary N) is 1. The molecule has 0 aliphatic rings. The first-order valence-electron chi connectivity index (χ1n) is 6.76. The van der Waals surface area contributed by atoms with Crippen LogP contribution in [0.3, 0.4) is 0 Å². The number of aromatic nitrogens is 1. The summed E-state index contributed by atoms with van der Waals surface area (Å²) >= 11 is 0. The fourth-order valence-corrected chi connectivity index (χ4v) is 1.86. The van der Waals surface area contributed by atoms with Gasteiger partial charge in [0.25, 0.3) is 5.91 Å². The van der Waals surface area contributed by atoms with E-state index in [9.17, 15) is 4.79 Å². The van der Waals surface area contributed by atoms with Gasteiger partial charge in [-0.1, -0.05) is 0 Å². The third-order valence-corrected chi connectivity index (χ3v) is 2.80. The monoisotopic (exact) mass is 285 g/mol. The normalized spacial score (nSPS) is 10.5. The summed E-state index contributed by atoms with van der Waals surface area (Å²) in [5.74, 6) is 0.483. The first-order chi connectivity index (χ1) is 9.95. The average Bonchev–Trinajstić information content (AvgIpc) is 2.40. The van der Waals surface area contributed by atoms with Gasteiger partial charge in [-0.2, -0.15) is 0 Å². The number of ether oxygens (including phenoxy) is 1. The highest BCUT2D eigenvalue weighted by Crippen LogP contribution is 2.19. The summed E-state index contributed by atoms with van der Waals surface area (Å²) < 4.78 is 5.55. The maximum Gasteiger partial charge on any atom is 0.259 e. The van der Waals surface area contributed by atoms with Crippen LogP contribution < -0.4 is 15.8 Å². The molecule has 21 heavy (non-hydrogen) atoms. The molecule has 0 unspecified atom stereocenters. The van der Waals surface area contributed by atoms with E-state index in [-0.39, 0.29) is 12.0 Å². The highest BCUT2D eigenvalue weighted by atomic mass is 16.5. The van der Waals surface area contributed by atoms with Crippen LogP contribution in [0.15, 0.2) is 36.5 Å². The van der Waals surface area contributed by atoms with Gasteiger partial charge in [-0.3, -0.25) is 9.78 Å². The van der Waals surface area contributed by atoms with Gasteiger partial charge >= 0.3 is 0 Å². The second-order valence-corrected chi connectivity index (χ2v) is 5.06. The van der Waals surface area contributed by atoms with Crippen LogP contribution in [0.1, 0.15) is 29.9 Å². The molecule has 0 atom stereocenters. The number of rotatable bonds is 4. The minimum atomic E-state index is -0.280. The Balaban J connectivity index is 2.08. The molecule has 2 aromatic rings. The quantitative estimate of drug-likeness (QED) is 0.905. The third-order valence-electron chi connectivity index (χ3n) is 2.80. The number of hydrogen-bond donors (Lipinski definition) is 2. The number of nitrogens with one attached hydrogen (secondary N) is 1. The summed E-state index contributed by atoms with van der Waals surface area (Å²) in [7, 11) is 0. The number of amides is 1. The molecule has 0 aliphatic carbocycles. The van der Waals surface area contributed by atoms with Crippen molar-refractivity contribution in [3.05, 3.63) is 47.8 Å². The zero-order chi connectivity index (χ0) is 15.4. The molecule has 5 nitrogen and oxygen atoms in total. The Hall–Kier alpha value is -2.56. The minimum absolute atomic E-state index is 0.115. The van der Waals surface area contributed by atoms with Crippen LogP contribution in [-0.4, -0.2) is 17.0 Å². The molecule has 3 N–H and O–H groups in total. The Morgan fingerprint density at radius 2 is 1.95 bits per heavy atom. The lowest BCUT2D eigenvalue weighted by molar-refractivity contribution is 0.102. The van der Waals surface area contributed by atoms with Crippen LogP contribution in [0, 0.1) is 6.92 Å². The molecule has 2 rings (SSSR count). The molecule has 1 aromatic carbocycles. The summed E-state index contributed by atoms with van der Waals surface area (Å²) in [5, 5.41) is 2.78. The van der Waals surface area contributed by atoms with Gasteiger partial charge in [0.1, 0.15) is 5.75 Å². The highest BCUT2D eigenvalue weighted by Gasteiger charge is 2.11. The maximum atomic E-state index is 12.1. The van der Waals surface area contributed by atoms with Gasteiger partial charge in [0.05, 0.1) is 11.7 Å².